The third-order valence-corrected chi connectivity index (χ3v) is 3.78. The molecule has 0 heterocycles. The van der Waals surface area contributed by atoms with Crippen molar-refractivity contribution in [3.05, 3.63) is 35.4 Å². The summed E-state index contributed by atoms with van der Waals surface area (Å²) in [6, 6.07) is 7.25. The van der Waals surface area contributed by atoms with E-state index in [0.717, 1.165) is 25.1 Å². The molecule has 0 amide bonds. The van der Waals surface area contributed by atoms with E-state index in [9.17, 15) is 4.79 Å². The molecule has 3 nitrogen and oxygen atoms in total. The molecule has 0 unspecified atom stereocenters. The fourth-order valence-corrected chi connectivity index (χ4v) is 2.50. The average Bonchev–Trinajstić information content (AvgIpc) is 2.49. The average molecular weight is 291 g/mol. The zero-order chi connectivity index (χ0) is 15.3. The van der Waals surface area contributed by atoms with Crippen LogP contribution in [0.1, 0.15) is 67.8 Å². The molecule has 1 aromatic rings. The zero-order valence-electron chi connectivity index (χ0n) is 13.2. The highest BCUT2D eigenvalue weighted by Crippen LogP contribution is 2.09. The van der Waals surface area contributed by atoms with Crippen LogP contribution in [0.15, 0.2) is 24.3 Å². The van der Waals surface area contributed by atoms with E-state index in [4.69, 9.17) is 5.11 Å². The van der Waals surface area contributed by atoms with Crippen LogP contribution in [0.25, 0.3) is 0 Å². The lowest BCUT2D eigenvalue weighted by Crippen LogP contribution is -2.19. The Kier molecular flexibility index (Phi) is 9.55. The Morgan fingerprint density at radius 2 is 1.67 bits per heavy atom. The van der Waals surface area contributed by atoms with Gasteiger partial charge in [0, 0.05) is 0 Å². The van der Waals surface area contributed by atoms with E-state index >= 15 is 0 Å². The Bertz CT molecular complexity index is 404. The van der Waals surface area contributed by atoms with Crippen LogP contribution in [0.2, 0.25) is 0 Å². The maximum Gasteiger partial charge on any atom is 0.335 e. The smallest absolute Gasteiger partial charge is 0.335 e. The van der Waals surface area contributed by atoms with E-state index in [1.54, 1.807) is 12.1 Å². The Labute approximate surface area is 128 Å². The summed E-state index contributed by atoms with van der Waals surface area (Å²) in [5.74, 6) is -0.835. The fourth-order valence-electron chi connectivity index (χ4n) is 2.50. The van der Waals surface area contributed by atoms with Gasteiger partial charge in [0.15, 0.2) is 0 Å². The molecule has 3 heteroatoms. The molecule has 0 fully saturated rings. The molecule has 2 N–H and O–H groups in total. The molecule has 1 aromatic carbocycles. The van der Waals surface area contributed by atoms with Crippen LogP contribution in [0.5, 0.6) is 0 Å². The monoisotopic (exact) mass is 291 g/mol. The molecule has 21 heavy (non-hydrogen) atoms. The summed E-state index contributed by atoms with van der Waals surface area (Å²) in [5, 5.41) is 12.5. The number of benzene rings is 1. The first-order chi connectivity index (χ1) is 10.3. The van der Waals surface area contributed by atoms with Gasteiger partial charge in [0.1, 0.15) is 0 Å². The summed E-state index contributed by atoms with van der Waals surface area (Å²) in [7, 11) is 0. The molecule has 0 aliphatic carbocycles. The van der Waals surface area contributed by atoms with Crippen molar-refractivity contribution in [2.45, 2.75) is 58.3 Å². The van der Waals surface area contributed by atoms with Crippen LogP contribution in [0, 0.1) is 0 Å². The first kappa shape index (κ1) is 17.7. The molecule has 0 aliphatic heterocycles. The molecule has 118 valence electrons. The van der Waals surface area contributed by atoms with E-state index in [0.29, 0.717) is 5.56 Å². The van der Waals surface area contributed by atoms with Crippen molar-refractivity contribution >= 4 is 5.97 Å². The quantitative estimate of drug-likeness (QED) is 0.565. The second kappa shape index (κ2) is 11.3. The van der Waals surface area contributed by atoms with Crippen molar-refractivity contribution in [3.63, 3.8) is 0 Å². The number of nitrogens with one attached hydrogen (secondary N) is 1. The number of carboxylic acid groups (broad SMARTS) is 1. The van der Waals surface area contributed by atoms with Gasteiger partial charge in [-0.1, -0.05) is 63.6 Å². The zero-order valence-corrected chi connectivity index (χ0v) is 13.2. The minimum absolute atomic E-state index is 0.426. The maximum atomic E-state index is 11.1. The summed E-state index contributed by atoms with van der Waals surface area (Å²) in [5.41, 5.74) is 1.34. The van der Waals surface area contributed by atoms with Crippen molar-refractivity contribution in [2.75, 3.05) is 13.1 Å². The highest BCUT2D eigenvalue weighted by Gasteiger charge is 2.07. The standard InChI is InChI=1S/C18H29NO2/c1-2-3-4-5-6-7-10-14-19-15-13-16-11-8-9-12-17(16)18(20)21/h8-9,11-12,19H,2-7,10,13-15H2,1H3,(H,20,21). The minimum atomic E-state index is -0.835. The molecule has 0 bridgehead atoms. The van der Waals surface area contributed by atoms with Crippen LogP contribution in [0.3, 0.4) is 0 Å². The molecule has 0 spiro atoms. The van der Waals surface area contributed by atoms with Gasteiger partial charge in [0.2, 0.25) is 0 Å². The van der Waals surface area contributed by atoms with E-state index < -0.39 is 5.97 Å². The highest BCUT2D eigenvalue weighted by atomic mass is 16.4. The predicted molar refractivity (Wildman–Crippen MR) is 88.0 cm³/mol. The van der Waals surface area contributed by atoms with E-state index in [-0.39, 0.29) is 0 Å². The number of unbranched alkanes of at least 4 members (excludes halogenated alkanes) is 6. The molecule has 0 saturated carbocycles. The van der Waals surface area contributed by atoms with Crippen molar-refractivity contribution in [2.24, 2.45) is 0 Å². The van der Waals surface area contributed by atoms with Gasteiger partial charge in [-0.05, 0) is 37.6 Å². The summed E-state index contributed by atoms with van der Waals surface area (Å²) in [6.07, 6.45) is 10.0. The first-order valence-electron chi connectivity index (χ1n) is 8.27. The fraction of sp³-hybridized carbons (Fsp3) is 0.611. The molecular formula is C18H29NO2. The Hall–Kier alpha value is -1.35. The largest absolute Gasteiger partial charge is 0.478 e. The van der Waals surface area contributed by atoms with Crippen molar-refractivity contribution < 1.29 is 9.90 Å². The first-order valence-corrected chi connectivity index (χ1v) is 8.27. The van der Waals surface area contributed by atoms with Crippen LogP contribution >= 0.6 is 0 Å². The van der Waals surface area contributed by atoms with Crippen LogP contribution in [0.4, 0.5) is 0 Å². The van der Waals surface area contributed by atoms with Gasteiger partial charge in [-0.25, -0.2) is 4.79 Å². The van der Waals surface area contributed by atoms with Gasteiger partial charge in [-0.2, -0.15) is 0 Å². The summed E-state index contributed by atoms with van der Waals surface area (Å²) in [4.78, 5) is 11.1. The molecule has 0 aliphatic rings. The lowest BCUT2D eigenvalue weighted by Gasteiger charge is -2.07. The van der Waals surface area contributed by atoms with Crippen LogP contribution in [-0.4, -0.2) is 24.2 Å². The third kappa shape index (κ3) is 7.86. The van der Waals surface area contributed by atoms with Gasteiger partial charge in [0.25, 0.3) is 0 Å². The molecule has 0 atom stereocenters. The van der Waals surface area contributed by atoms with Gasteiger partial charge in [0.05, 0.1) is 5.56 Å². The number of hydrogen-bond acceptors (Lipinski definition) is 2. The SMILES string of the molecule is CCCCCCCCCNCCc1ccccc1C(=O)O. The van der Waals surface area contributed by atoms with Gasteiger partial charge >= 0.3 is 5.97 Å². The van der Waals surface area contributed by atoms with Crippen molar-refractivity contribution in [1.82, 2.24) is 5.32 Å². The molecular weight excluding hydrogens is 262 g/mol. The van der Waals surface area contributed by atoms with E-state index in [2.05, 4.69) is 12.2 Å². The topological polar surface area (TPSA) is 49.3 Å². The Balaban J connectivity index is 2.06. The number of hydrogen-bond donors (Lipinski definition) is 2. The predicted octanol–water partition coefficient (Wildman–Crippen LogP) is 4.27. The molecule has 1 rings (SSSR count). The van der Waals surface area contributed by atoms with Crippen molar-refractivity contribution in [1.29, 1.82) is 0 Å². The molecule has 0 saturated heterocycles. The van der Waals surface area contributed by atoms with Crippen LogP contribution < -0.4 is 5.32 Å². The van der Waals surface area contributed by atoms with Gasteiger partial charge in [-0.3, -0.25) is 0 Å². The molecule has 0 radical (unpaired) electrons. The van der Waals surface area contributed by atoms with Gasteiger partial charge in [-0.15, -0.1) is 0 Å². The summed E-state index contributed by atoms with van der Waals surface area (Å²) in [6.45, 7) is 4.12. The van der Waals surface area contributed by atoms with Crippen molar-refractivity contribution in [3.8, 4) is 0 Å². The lowest BCUT2D eigenvalue weighted by molar-refractivity contribution is 0.0695. The maximum absolute atomic E-state index is 11.1. The number of rotatable bonds is 12. The van der Waals surface area contributed by atoms with E-state index in [1.807, 2.05) is 12.1 Å². The van der Waals surface area contributed by atoms with Gasteiger partial charge < -0.3 is 10.4 Å². The lowest BCUT2D eigenvalue weighted by atomic mass is 10.0. The number of aromatic carboxylic acids is 1. The number of carbonyl (C=O) groups is 1. The minimum Gasteiger partial charge on any atom is -0.478 e. The Morgan fingerprint density at radius 1 is 1.00 bits per heavy atom. The highest BCUT2D eigenvalue weighted by molar-refractivity contribution is 5.89. The number of carboxylic acids is 1. The normalized spacial score (nSPS) is 10.7. The van der Waals surface area contributed by atoms with Crippen LogP contribution in [-0.2, 0) is 6.42 Å². The summed E-state index contributed by atoms with van der Waals surface area (Å²) < 4.78 is 0. The Morgan fingerprint density at radius 3 is 2.38 bits per heavy atom. The summed E-state index contributed by atoms with van der Waals surface area (Å²) >= 11 is 0. The third-order valence-electron chi connectivity index (χ3n) is 3.78. The second-order valence-corrected chi connectivity index (χ2v) is 5.58. The second-order valence-electron chi connectivity index (χ2n) is 5.58. The molecule has 0 aromatic heterocycles. The van der Waals surface area contributed by atoms with E-state index in [1.165, 1.54) is 44.9 Å².